The number of hydrogen-bond acceptors (Lipinski definition) is 4. The average Bonchev–Trinajstić information content (AvgIpc) is 2.57. The van der Waals surface area contributed by atoms with Crippen molar-refractivity contribution in [2.24, 2.45) is 26.4 Å². The standard InChI is InChI=1S/C18H21BrFN5O/c1-11(26)15-8-13(20)5-6-16(15)25-17(23-10-22)7-12(9-21)18(19)24-14-3-2-4-14/h5-6,8-10,14H,2-4,7,21H2,1H3,(H2,22,23,25). The summed E-state index contributed by atoms with van der Waals surface area (Å²) < 4.78 is 14.1. The van der Waals surface area contributed by atoms with Crippen molar-refractivity contribution in [3.05, 3.63) is 41.4 Å². The highest BCUT2D eigenvalue weighted by Crippen LogP contribution is 2.26. The van der Waals surface area contributed by atoms with Crippen LogP contribution in [0, 0.1) is 5.82 Å². The maximum absolute atomic E-state index is 13.4. The number of nitrogens with two attached hydrogens (primary N) is 2. The average molecular weight is 422 g/mol. The third kappa shape index (κ3) is 5.32. The molecule has 1 saturated carbocycles. The van der Waals surface area contributed by atoms with E-state index in [9.17, 15) is 9.18 Å². The van der Waals surface area contributed by atoms with Gasteiger partial charge >= 0.3 is 0 Å². The first-order valence-electron chi connectivity index (χ1n) is 8.21. The molecule has 0 radical (unpaired) electrons. The van der Waals surface area contributed by atoms with Crippen molar-refractivity contribution in [1.29, 1.82) is 0 Å². The Morgan fingerprint density at radius 2 is 2.12 bits per heavy atom. The van der Waals surface area contributed by atoms with Gasteiger partial charge in [0.2, 0.25) is 0 Å². The summed E-state index contributed by atoms with van der Waals surface area (Å²) in [4.78, 5) is 24.7. The van der Waals surface area contributed by atoms with E-state index < -0.39 is 5.82 Å². The zero-order valence-corrected chi connectivity index (χ0v) is 16.0. The van der Waals surface area contributed by atoms with Gasteiger partial charge < -0.3 is 11.5 Å². The quantitative estimate of drug-likeness (QED) is 0.415. The number of halogens is 2. The van der Waals surface area contributed by atoms with E-state index in [1.165, 1.54) is 31.7 Å². The molecule has 1 aromatic rings. The Bertz CT molecular complexity index is 797. The lowest BCUT2D eigenvalue weighted by atomic mass is 9.94. The number of benzene rings is 1. The highest BCUT2D eigenvalue weighted by Gasteiger charge is 2.18. The molecule has 0 bridgehead atoms. The van der Waals surface area contributed by atoms with E-state index in [4.69, 9.17) is 11.5 Å². The molecule has 0 aromatic heterocycles. The molecular weight excluding hydrogens is 401 g/mol. The van der Waals surface area contributed by atoms with Crippen LogP contribution in [0.4, 0.5) is 10.1 Å². The normalized spacial score (nSPS) is 16.8. The lowest BCUT2D eigenvalue weighted by Crippen LogP contribution is -2.17. The summed E-state index contributed by atoms with van der Waals surface area (Å²) in [6.07, 6.45) is 6.11. The molecular formula is C18H21BrFN5O. The van der Waals surface area contributed by atoms with Crippen LogP contribution in [0.1, 0.15) is 43.0 Å². The first kappa shape index (κ1) is 20.0. The molecule has 1 aliphatic carbocycles. The molecule has 0 unspecified atom stereocenters. The van der Waals surface area contributed by atoms with E-state index in [-0.39, 0.29) is 17.8 Å². The van der Waals surface area contributed by atoms with Crippen molar-refractivity contribution in [3.8, 4) is 0 Å². The lowest BCUT2D eigenvalue weighted by molar-refractivity contribution is 0.101. The Labute approximate surface area is 160 Å². The van der Waals surface area contributed by atoms with Crippen molar-refractivity contribution in [1.82, 2.24) is 0 Å². The summed E-state index contributed by atoms with van der Waals surface area (Å²) in [7, 11) is 0. The Kier molecular flexibility index (Phi) is 7.20. The van der Waals surface area contributed by atoms with Crippen LogP contribution in [-0.2, 0) is 0 Å². The molecule has 0 heterocycles. The zero-order chi connectivity index (χ0) is 19.1. The summed E-state index contributed by atoms with van der Waals surface area (Å²) >= 11 is 3.45. The van der Waals surface area contributed by atoms with Crippen LogP contribution in [0.5, 0.6) is 0 Å². The fraction of sp³-hybridized carbons (Fsp3) is 0.333. The van der Waals surface area contributed by atoms with Crippen LogP contribution < -0.4 is 11.5 Å². The van der Waals surface area contributed by atoms with Gasteiger partial charge in [-0.1, -0.05) is 0 Å². The van der Waals surface area contributed by atoms with Gasteiger partial charge in [-0.15, -0.1) is 0 Å². The van der Waals surface area contributed by atoms with E-state index in [0.717, 1.165) is 25.2 Å². The Hall–Kier alpha value is -2.35. The smallest absolute Gasteiger partial charge is 0.162 e. The van der Waals surface area contributed by atoms with E-state index in [0.29, 0.717) is 27.8 Å². The Morgan fingerprint density at radius 3 is 2.65 bits per heavy atom. The van der Waals surface area contributed by atoms with E-state index in [1.54, 1.807) is 0 Å². The predicted octanol–water partition coefficient (Wildman–Crippen LogP) is 3.62. The summed E-state index contributed by atoms with van der Waals surface area (Å²) in [6, 6.07) is 4.13. The van der Waals surface area contributed by atoms with Crippen LogP contribution >= 0.6 is 15.9 Å². The third-order valence-electron chi connectivity index (χ3n) is 4.00. The van der Waals surface area contributed by atoms with Crippen LogP contribution in [0.15, 0.2) is 44.9 Å². The van der Waals surface area contributed by atoms with Gasteiger partial charge in [0.25, 0.3) is 0 Å². The van der Waals surface area contributed by atoms with E-state index >= 15 is 0 Å². The summed E-state index contributed by atoms with van der Waals surface area (Å²) in [5.41, 5.74) is 12.3. The van der Waals surface area contributed by atoms with Gasteiger partial charge in [0, 0.05) is 23.8 Å². The van der Waals surface area contributed by atoms with Crippen molar-refractivity contribution in [2.45, 2.75) is 38.6 Å². The highest BCUT2D eigenvalue weighted by molar-refractivity contribution is 9.18. The zero-order valence-electron chi connectivity index (χ0n) is 14.5. The molecule has 0 aliphatic heterocycles. The van der Waals surface area contributed by atoms with Gasteiger partial charge in [-0.3, -0.25) is 9.79 Å². The number of carbonyl (C=O) groups excluding carboxylic acids is 1. The molecule has 0 atom stereocenters. The molecule has 0 spiro atoms. The molecule has 0 saturated heterocycles. The Morgan fingerprint density at radius 1 is 1.38 bits per heavy atom. The number of aliphatic imine (C=N–C) groups is 3. The minimum atomic E-state index is -0.504. The van der Waals surface area contributed by atoms with Gasteiger partial charge in [0.1, 0.15) is 16.3 Å². The van der Waals surface area contributed by atoms with E-state index in [2.05, 4.69) is 30.9 Å². The second-order valence-electron chi connectivity index (χ2n) is 5.90. The molecule has 1 aromatic carbocycles. The molecule has 4 N–H and O–H groups in total. The maximum atomic E-state index is 13.4. The Balaban J connectivity index is 2.32. The van der Waals surface area contributed by atoms with Crippen LogP contribution in [0.2, 0.25) is 0 Å². The third-order valence-corrected chi connectivity index (χ3v) is 4.71. The summed E-state index contributed by atoms with van der Waals surface area (Å²) in [5, 5.41) is 0. The van der Waals surface area contributed by atoms with Crippen LogP contribution in [0.3, 0.4) is 0 Å². The number of amidine groups is 1. The van der Waals surface area contributed by atoms with Crippen LogP contribution in [0.25, 0.3) is 0 Å². The first-order valence-corrected chi connectivity index (χ1v) is 9.00. The maximum Gasteiger partial charge on any atom is 0.162 e. The minimum absolute atomic E-state index is 0.176. The molecule has 26 heavy (non-hydrogen) atoms. The lowest BCUT2D eigenvalue weighted by Gasteiger charge is -2.21. The van der Waals surface area contributed by atoms with Gasteiger partial charge in [0.05, 0.1) is 18.1 Å². The molecule has 2 rings (SSSR count). The van der Waals surface area contributed by atoms with Crippen molar-refractivity contribution in [3.63, 3.8) is 0 Å². The number of rotatable bonds is 6. The minimum Gasteiger partial charge on any atom is -0.404 e. The topological polar surface area (TPSA) is 106 Å². The number of carbonyl (C=O) groups is 1. The SMILES string of the molecule is CC(=O)c1cc(F)ccc1N=C(CC(=CN)C(Br)=NC1CCC1)N=CN. The molecule has 1 fully saturated rings. The molecule has 138 valence electrons. The van der Waals surface area contributed by atoms with Crippen molar-refractivity contribution in [2.75, 3.05) is 0 Å². The number of hydrogen-bond donors (Lipinski definition) is 2. The molecule has 6 nitrogen and oxygen atoms in total. The van der Waals surface area contributed by atoms with Crippen molar-refractivity contribution >= 4 is 44.2 Å². The summed E-state index contributed by atoms with van der Waals surface area (Å²) in [6.45, 7) is 1.35. The second kappa shape index (κ2) is 9.38. The fourth-order valence-corrected chi connectivity index (χ4v) is 2.92. The van der Waals surface area contributed by atoms with Gasteiger partial charge in [-0.2, -0.15) is 0 Å². The van der Waals surface area contributed by atoms with Gasteiger partial charge in [0.15, 0.2) is 5.78 Å². The second-order valence-corrected chi connectivity index (χ2v) is 6.65. The number of ketones is 1. The molecule has 8 heteroatoms. The largest absolute Gasteiger partial charge is 0.404 e. The number of Topliss-reactive ketones (excluding diaryl/α,β-unsaturated/α-hetero) is 1. The molecule has 0 amide bonds. The molecule has 1 aliphatic rings. The highest BCUT2D eigenvalue weighted by atomic mass is 79.9. The summed E-state index contributed by atoms with van der Waals surface area (Å²) in [5.74, 6) is -0.461. The van der Waals surface area contributed by atoms with E-state index in [1.807, 2.05) is 0 Å². The monoisotopic (exact) mass is 421 g/mol. The number of nitrogens with zero attached hydrogens (tertiary/aromatic N) is 3. The van der Waals surface area contributed by atoms with Gasteiger partial charge in [-0.05, 0) is 60.3 Å². The van der Waals surface area contributed by atoms with Gasteiger partial charge in [-0.25, -0.2) is 14.4 Å². The predicted molar refractivity (Wildman–Crippen MR) is 107 cm³/mol. The fourth-order valence-electron chi connectivity index (χ4n) is 2.36. The van der Waals surface area contributed by atoms with Crippen LogP contribution in [-0.4, -0.2) is 28.6 Å². The first-order chi connectivity index (χ1) is 12.4. The van der Waals surface area contributed by atoms with Crippen molar-refractivity contribution < 1.29 is 9.18 Å².